The van der Waals surface area contributed by atoms with Crippen LogP contribution in [0.25, 0.3) is 16.9 Å². The van der Waals surface area contributed by atoms with Gasteiger partial charge in [-0.3, -0.25) is 4.79 Å². The van der Waals surface area contributed by atoms with Crippen LogP contribution in [-0.2, 0) is 4.79 Å². The maximum Gasteiger partial charge on any atom is 0.229 e. The molecule has 1 aromatic carbocycles. The van der Waals surface area contributed by atoms with Gasteiger partial charge in [-0.15, -0.1) is 26.2 Å². The fourth-order valence-corrected chi connectivity index (χ4v) is 4.57. The lowest BCUT2D eigenvalue weighted by Crippen LogP contribution is -2.38. The Balaban J connectivity index is 1.21. The zero-order chi connectivity index (χ0) is 21.4. The molecule has 3 aromatic heterocycles. The first-order valence-electron chi connectivity index (χ1n) is 10.2. The maximum atomic E-state index is 12.8. The van der Waals surface area contributed by atoms with Crippen LogP contribution in [0.3, 0.4) is 0 Å². The summed E-state index contributed by atoms with van der Waals surface area (Å²) in [7, 11) is 0. The average molecular weight is 435 g/mol. The molecule has 1 fully saturated rings. The fourth-order valence-electron chi connectivity index (χ4n) is 3.85. The number of tetrazole rings is 1. The largest absolute Gasteiger partial charge is 0.355 e. The van der Waals surface area contributed by atoms with Crippen LogP contribution in [0, 0.1) is 19.8 Å². The predicted molar refractivity (Wildman–Crippen MR) is 119 cm³/mol. The summed E-state index contributed by atoms with van der Waals surface area (Å²) in [6.07, 6.45) is 1.52. The van der Waals surface area contributed by atoms with Gasteiger partial charge in [-0.2, -0.15) is 0 Å². The highest BCUT2D eigenvalue weighted by Crippen LogP contribution is 2.29. The van der Waals surface area contributed by atoms with E-state index in [9.17, 15) is 4.79 Å². The third-order valence-corrected chi connectivity index (χ3v) is 6.41. The number of anilines is 2. The summed E-state index contributed by atoms with van der Waals surface area (Å²) >= 11 is 1.47. The number of piperidine rings is 1. The Labute approximate surface area is 183 Å². The van der Waals surface area contributed by atoms with Crippen LogP contribution in [0.4, 0.5) is 10.9 Å². The van der Waals surface area contributed by atoms with Crippen molar-refractivity contribution in [3.63, 3.8) is 0 Å². The van der Waals surface area contributed by atoms with E-state index in [-0.39, 0.29) is 11.8 Å². The van der Waals surface area contributed by atoms with Gasteiger partial charge < -0.3 is 10.2 Å². The maximum absolute atomic E-state index is 12.8. The van der Waals surface area contributed by atoms with Gasteiger partial charge in [0, 0.05) is 30.0 Å². The molecular formula is C21H22N8OS. The van der Waals surface area contributed by atoms with Gasteiger partial charge in [0.25, 0.3) is 0 Å². The number of carbonyl (C=O) groups is 1. The average Bonchev–Trinajstić information content (AvgIpc) is 3.44. The van der Waals surface area contributed by atoms with Crippen molar-refractivity contribution in [3.05, 3.63) is 46.8 Å². The number of aromatic nitrogens is 6. The smallest absolute Gasteiger partial charge is 0.229 e. The standard InChI is InChI=1S/C21H22N8OS/c1-13-3-4-14(2)16(11-13)17-12-31-21(22-17)23-20(30)15-7-9-28(10-8-15)19-6-5-18-24-26-27-29(18)25-19/h3-6,11-12,15H,7-10H2,1-2H3,(H,22,23,30). The van der Waals surface area contributed by atoms with Crippen molar-refractivity contribution in [2.75, 3.05) is 23.3 Å². The number of nitrogens with one attached hydrogen (secondary N) is 1. The molecule has 0 saturated carbocycles. The number of nitrogens with zero attached hydrogens (tertiary/aromatic N) is 7. The Morgan fingerprint density at radius 2 is 2.00 bits per heavy atom. The van der Waals surface area contributed by atoms with E-state index in [1.807, 2.05) is 17.5 Å². The van der Waals surface area contributed by atoms with Crippen molar-refractivity contribution in [2.45, 2.75) is 26.7 Å². The van der Waals surface area contributed by atoms with Gasteiger partial charge in [-0.25, -0.2) is 4.98 Å². The lowest BCUT2D eigenvalue weighted by molar-refractivity contribution is -0.120. The molecule has 5 rings (SSSR count). The van der Waals surface area contributed by atoms with Crippen molar-refractivity contribution in [3.8, 4) is 11.3 Å². The number of hydrogen-bond donors (Lipinski definition) is 1. The van der Waals surface area contributed by atoms with Crippen molar-refractivity contribution >= 4 is 33.8 Å². The van der Waals surface area contributed by atoms with Crippen molar-refractivity contribution in [1.29, 1.82) is 0 Å². The molecule has 0 unspecified atom stereocenters. The zero-order valence-corrected chi connectivity index (χ0v) is 18.1. The van der Waals surface area contributed by atoms with Crippen LogP contribution in [0.2, 0.25) is 0 Å². The molecule has 0 radical (unpaired) electrons. The van der Waals surface area contributed by atoms with Gasteiger partial charge in [0.2, 0.25) is 5.91 Å². The number of thiazole rings is 1. The van der Waals surface area contributed by atoms with Crippen LogP contribution in [0.15, 0.2) is 35.7 Å². The molecule has 0 atom stereocenters. The molecule has 1 N–H and O–H groups in total. The van der Waals surface area contributed by atoms with E-state index < -0.39 is 0 Å². The Morgan fingerprint density at radius 1 is 1.16 bits per heavy atom. The summed E-state index contributed by atoms with van der Waals surface area (Å²) in [5.74, 6) is 0.809. The zero-order valence-electron chi connectivity index (χ0n) is 17.3. The van der Waals surface area contributed by atoms with E-state index in [1.54, 1.807) is 0 Å². The number of amides is 1. The van der Waals surface area contributed by atoms with Crippen molar-refractivity contribution < 1.29 is 4.79 Å². The summed E-state index contributed by atoms with van der Waals surface area (Å²) in [4.78, 5) is 19.6. The number of rotatable bonds is 4. The predicted octanol–water partition coefficient (Wildman–Crippen LogP) is 3.11. The number of carbonyl (C=O) groups excluding carboxylic acids is 1. The van der Waals surface area contributed by atoms with Gasteiger partial charge in [-0.05, 0) is 60.9 Å². The van der Waals surface area contributed by atoms with Crippen LogP contribution in [0.5, 0.6) is 0 Å². The third kappa shape index (κ3) is 3.98. The number of benzene rings is 1. The molecule has 1 aliphatic heterocycles. The molecule has 1 aliphatic rings. The molecule has 0 aliphatic carbocycles. The summed E-state index contributed by atoms with van der Waals surface area (Å²) in [5, 5.41) is 21.4. The third-order valence-electron chi connectivity index (χ3n) is 5.65. The van der Waals surface area contributed by atoms with Crippen LogP contribution >= 0.6 is 11.3 Å². The second kappa shape index (κ2) is 8.03. The molecule has 10 heteroatoms. The van der Waals surface area contributed by atoms with E-state index in [2.05, 4.69) is 67.9 Å². The minimum absolute atomic E-state index is 0.0328. The highest BCUT2D eigenvalue weighted by Gasteiger charge is 2.26. The lowest BCUT2D eigenvalue weighted by atomic mass is 9.96. The quantitative estimate of drug-likeness (QED) is 0.527. The van der Waals surface area contributed by atoms with E-state index in [4.69, 9.17) is 0 Å². The SMILES string of the molecule is Cc1ccc(C)c(-c2csc(NC(=O)C3CCN(c4ccc5nnnn5n4)CC3)n2)c1. The van der Waals surface area contributed by atoms with Gasteiger partial charge >= 0.3 is 0 Å². The molecule has 1 amide bonds. The Bertz CT molecular complexity index is 1240. The first-order valence-corrected chi connectivity index (χ1v) is 11.1. The molecule has 9 nitrogen and oxygen atoms in total. The topological polar surface area (TPSA) is 101 Å². The van der Waals surface area contributed by atoms with E-state index in [0.717, 1.165) is 43.0 Å². The molecule has 0 bridgehead atoms. The molecule has 4 aromatic rings. The van der Waals surface area contributed by atoms with Gasteiger partial charge in [0.05, 0.1) is 5.69 Å². The highest BCUT2D eigenvalue weighted by molar-refractivity contribution is 7.14. The summed E-state index contributed by atoms with van der Waals surface area (Å²) in [6.45, 7) is 5.65. The van der Waals surface area contributed by atoms with E-state index in [0.29, 0.717) is 10.8 Å². The van der Waals surface area contributed by atoms with Gasteiger partial charge in [-0.1, -0.05) is 17.7 Å². The van der Waals surface area contributed by atoms with Crippen molar-refractivity contribution in [2.24, 2.45) is 5.92 Å². The Morgan fingerprint density at radius 3 is 2.84 bits per heavy atom. The minimum Gasteiger partial charge on any atom is -0.355 e. The molecule has 1 saturated heterocycles. The number of aryl methyl sites for hydroxylation is 2. The van der Waals surface area contributed by atoms with Gasteiger partial charge in [0.15, 0.2) is 16.6 Å². The van der Waals surface area contributed by atoms with Crippen LogP contribution in [0.1, 0.15) is 24.0 Å². The van der Waals surface area contributed by atoms with Crippen LogP contribution < -0.4 is 10.2 Å². The lowest BCUT2D eigenvalue weighted by Gasteiger charge is -2.31. The highest BCUT2D eigenvalue weighted by atomic mass is 32.1. The van der Waals surface area contributed by atoms with E-state index >= 15 is 0 Å². The monoisotopic (exact) mass is 434 g/mol. The molecular weight excluding hydrogens is 412 g/mol. The number of fused-ring (bicyclic) bond motifs is 1. The summed E-state index contributed by atoms with van der Waals surface area (Å²) in [5.41, 5.74) is 4.99. The molecule has 158 valence electrons. The first-order chi connectivity index (χ1) is 15.1. The molecule has 31 heavy (non-hydrogen) atoms. The Kier molecular flexibility index (Phi) is 5.06. The van der Waals surface area contributed by atoms with Crippen molar-refractivity contribution in [1.82, 2.24) is 30.2 Å². The first kappa shape index (κ1) is 19.6. The second-order valence-corrected chi connectivity index (χ2v) is 8.68. The summed E-state index contributed by atoms with van der Waals surface area (Å²) < 4.78 is 1.42. The van der Waals surface area contributed by atoms with E-state index in [1.165, 1.54) is 27.1 Å². The Hall–Kier alpha value is -3.40. The minimum atomic E-state index is -0.0407. The summed E-state index contributed by atoms with van der Waals surface area (Å²) in [6, 6.07) is 10.1. The fraction of sp³-hybridized carbons (Fsp3) is 0.333. The second-order valence-electron chi connectivity index (χ2n) is 7.82. The number of hydrogen-bond acceptors (Lipinski definition) is 8. The van der Waals surface area contributed by atoms with Gasteiger partial charge in [0.1, 0.15) is 0 Å². The molecule has 4 heterocycles. The van der Waals surface area contributed by atoms with Crippen LogP contribution in [-0.4, -0.2) is 49.2 Å². The normalized spacial score (nSPS) is 14.8. The molecule has 0 spiro atoms.